The van der Waals surface area contributed by atoms with Gasteiger partial charge in [0.2, 0.25) is 5.95 Å². The molecule has 1 atom stereocenters. The number of hydrogen-bond acceptors (Lipinski definition) is 6. The molecule has 2 aromatic heterocycles. The lowest BCUT2D eigenvalue weighted by Crippen LogP contribution is -2.23. The lowest BCUT2D eigenvalue weighted by atomic mass is 10.2. The maximum absolute atomic E-state index is 12.5. The fourth-order valence-corrected chi connectivity index (χ4v) is 3.28. The van der Waals surface area contributed by atoms with E-state index in [0.717, 1.165) is 24.2 Å². The minimum atomic E-state index is -0.267. The van der Waals surface area contributed by atoms with Crippen LogP contribution < -0.4 is 10.6 Å². The molecule has 1 aliphatic heterocycles. The third-order valence-corrected chi connectivity index (χ3v) is 4.84. The maximum atomic E-state index is 12.5. The summed E-state index contributed by atoms with van der Waals surface area (Å²) in [6.45, 7) is 3.67. The number of imidazole rings is 1. The fraction of sp³-hybridized carbons (Fsp3) is 0.300. The van der Waals surface area contributed by atoms with Crippen molar-refractivity contribution in [1.82, 2.24) is 24.8 Å². The SMILES string of the molecule is Cc1cnc(NC2CCOC2)nc1-n1cnc(C(=O)NCc2cccc(Cl)c2)c1. The summed E-state index contributed by atoms with van der Waals surface area (Å²) >= 11 is 5.98. The zero-order chi connectivity index (χ0) is 20.2. The van der Waals surface area contributed by atoms with Crippen molar-refractivity contribution in [2.45, 2.75) is 25.9 Å². The van der Waals surface area contributed by atoms with Crippen molar-refractivity contribution >= 4 is 23.5 Å². The van der Waals surface area contributed by atoms with Crippen molar-refractivity contribution in [3.8, 4) is 5.82 Å². The molecule has 1 saturated heterocycles. The first-order valence-electron chi connectivity index (χ1n) is 9.33. The summed E-state index contributed by atoms with van der Waals surface area (Å²) in [5.74, 6) is 0.932. The number of nitrogens with one attached hydrogen (secondary N) is 2. The number of halogens is 1. The first kappa shape index (κ1) is 19.4. The molecular formula is C20H21ClN6O2. The lowest BCUT2D eigenvalue weighted by Gasteiger charge is -2.12. The zero-order valence-corrected chi connectivity index (χ0v) is 16.7. The van der Waals surface area contributed by atoms with Crippen molar-refractivity contribution in [3.63, 3.8) is 0 Å². The monoisotopic (exact) mass is 412 g/mol. The van der Waals surface area contributed by atoms with Crippen LogP contribution in [0, 0.1) is 6.92 Å². The highest BCUT2D eigenvalue weighted by molar-refractivity contribution is 6.30. The highest BCUT2D eigenvalue weighted by Gasteiger charge is 2.17. The van der Waals surface area contributed by atoms with Gasteiger partial charge in [-0.2, -0.15) is 4.98 Å². The molecular weight excluding hydrogens is 392 g/mol. The van der Waals surface area contributed by atoms with Crippen molar-refractivity contribution in [1.29, 1.82) is 0 Å². The number of nitrogens with zero attached hydrogens (tertiary/aromatic N) is 4. The van der Waals surface area contributed by atoms with Crippen LogP contribution in [0.4, 0.5) is 5.95 Å². The van der Waals surface area contributed by atoms with Gasteiger partial charge in [0.25, 0.3) is 5.91 Å². The molecule has 8 nitrogen and oxygen atoms in total. The van der Waals surface area contributed by atoms with Gasteiger partial charge in [-0.25, -0.2) is 9.97 Å². The second-order valence-corrected chi connectivity index (χ2v) is 7.32. The molecule has 4 rings (SSSR count). The van der Waals surface area contributed by atoms with Crippen molar-refractivity contribution in [3.05, 3.63) is 64.8 Å². The van der Waals surface area contributed by atoms with E-state index in [4.69, 9.17) is 16.3 Å². The zero-order valence-electron chi connectivity index (χ0n) is 15.9. The van der Waals surface area contributed by atoms with Crippen LogP contribution in [0.15, 0.2) is 43.0 Å². The molecule has 1 aromatic carbocycles. The van der Waals surface area contributed by atoms with Gasteiger partial charge in [-0.15, -0.1) is 0 Å². The van der Waals surface area contributed by atoms with Crippen molar-refractivity contribution in [2.24, 2.45) is 0 Å². The molecule has 150 valence electrons. The van der Waals surface area contributed by atoms with E-state index in [1.54, 1.807) is 29.4 Å². The minimum absolute atomic E-state index is 0.209. The standard InChI is InChI=1S/C20H21ClN6O2/c1-13-8-23-20(25-16-5-6-29-11-16)26-18(13)27-10-17(24-12-27)19(28)22-9-14-3-2-4-15(21)7-14/h2-4,7-8,10,12,16H,5-6,9,11H2,1H3,(H,22,28)(H,23,25,26). The van der Waals surface area contributed by atoms with E-state index in [2.05, 4.69) is 25.6 Å². The Bertz CT molecular complexity index is 1020. The third-order valence-electron chi connectivity index (χ3n) is 4.61. The lowest BCUT2D eigenvalue weighted by molar-refractivity contribution is 0.0946. The maximum Gasteiger partial charge on any atom is 0.271 e. The van der Waals surface area contributed by atoms with E-state index in [9.17, 15) is 4.79 Å². The molecule has 0 radical (unpaired) electrons. The van der Waals surface area contributed by atoms with E-state index in [-0.39, 0.29) is 11.9 Å². The smallest absolute Gasteiger partial charge is 0.271 e. The Morgan fingerprint density at radius 2 is 2.28 bits per heavy atom. The molecule has 2 N–H and O–H groups in total. The number of aromatic nitrogens is 4. The number of rotatable bonds is 6. The van der Waals surface area contributed by atoms with Gasteiger partial charge in [0.1, 0.15) is 17.8 Å². The Kier molecular flexibility index (Phi) is 5.73. The molecule has 0 spiro atoms. The number of hydrogen-bond donors (Lipinski definition) is 2. The molecule has 0 aliphatic carbocycles. The molecule has 9 heteroatoms. The Labute approximate surface area is 173 Å². The van der Waals surface area contributed by atoms with Crippen LogP contribution in [0.2, 0.25) is 5.02 Å². The summed E-state index contributed by atoms with van der Waals surface area (Å²) < 4.78 is 7.10. The fourth-order valence-electron chi connectivity index (χ4n) is 3.07. The summed E-state index contributed by atoms with van der Waals surface area (Å²) in [5.41, 5.74) is 2.11. The molecule has 1 fully saturated rings. The molecule has 1 aliphatic rings. The third kappa shape index (κ3) is 4.72. The van der Waals surface area contributed by atoms with Crippen molar-refractivity contribution < 1.29 is 9.53 Å². The van der Waals surface area contributed by atoms with E-state index in [1.165, 1.54) is 0 Å². The molecule has 29 heavy (non-hydrogen) atoms. The van der Waals surface area contributed by atoms with Crippen LogP contribution >= 0.6 is 11.6 Å². The largest absolute Gasteiger partial charge is 0.379 e. The molecule has 1 unspecified atom stereocenters. The van der Waals surface area contributed by atoms with Gasteiger partial charge < -0.3 is 15.4 Å². The summed E-state index contributed by atoms with van der Waals surface area (Å²) in [6.07, 6.45) is 5.91. The van der Waals surface area contributed by atoms with Crippen LogP contribution in [-0.4, -0.2) is 44.7 Å². The highest BCUT2D eigenvalue weighted by atomic mass is 35.5. The second-order valence-electron chi connectivity index (χ2n) is 6.88. The van der Waals surface area contributed by atoms with Gasteiger partial charge in [0.15, 0.2) is 0 Å². The number of amides is 1. The quantitative estimate of drug-likeness (QED) is 0.646. The van der Waals surface area contributed by atoms with Crippen molar-refractivity contribution in [2.75, 3.05) is 18.5 Å². The Hall–Kier alpha value is -2.97. The molecule has 3 aromatic rings. The van der Waals surface area contributed by atoms with Crippen LogP contribution in [0.5, 0.6) is 0 Å². The van der Waals surface area contributed by atoms with E-state index in [0.29, 0.717) is 35.6 Å². The van der Waals surface area contributed by atoms with Gasteiger partial charge in [-0.1, -0.05) is 23.7 Å². The van der Waals surface area contributed by atoms with Gasteiger partial charge in [0.05, 0.1) is 12.6 Å². The first-order chi connectivity index (χ1) is 14.1. The number of benzene rings is 1. The number of carbonyl (C=O) groups excluding carboxylic acids is 1. The summed E-state index contributed by atoms with van der Waals surface area (Å²) in [4.78, 5) is 25.6. The Morgan fingerprint density at radius 3 is 3.07 bits per heavy atom. The molecule has 0 saturated carbocycles. The van der Waals surface area contributed by atoms with E-state index >= 15 is 0 Å². The van der Waals surface area contributed by atoms with Gasteiger partial charge in [-0.05, 0) is 31.0 Å². The Balaban J connectivity index is 1.45. The predicted molar refractivity (Wildman–Crippen MR) is 109 cm³/mol. The molecule has 3 heterocycles. The van der Waals surface area contributed by atoms with E-state index < -0.39 is 0 Å². The predicted octanol–water partition coefficient (Wildman–Crippen LogP) is 2.75. The van der Waals surface area contributed by atoms with Gasteiger partial charge in [0, 0.05) is 36.1 Å². The molecule has 1 amide bonds. The van der Waals surface area contributed by atoms with Gasteiger partial charge in [-0.3, -0.25) is 9.36 Å². The summed E-state index contributed by atoms with van der Waals surface area (Å²) in [7, 11) is 0. The number of anilines is 1. The second kappa shape index (κ2) is 8.59. The van der Waals surface area contributed by atoms with Crippen LogP contribution in [-0.2, 0) is 11.3 Å². The van der Waals surface area contributed by atoms with Crippen LogP contribution in [0.1, 0.15) is 28.0 Å². The first-order valence-corrected chi connectivity index (χ1v) is 9.71. The summed E-state index contributed by atoms with van der Waals surface area (Å²) in [6, 6.07) is 7.57. The van der Waals surface area contributed by atoms with Gasteiger partial charge >= 0.3 is 0 Å². The summed E-state index contributed by atoms with van der Waals surface area (Å²) in [5, 5.41) is 6.76. The normalized spacial score (nSPS) is 16.0. The number of carbonyl (C=O) groups is 1. The number of ether oxygens (including phenoxy) is 1. The van der Waals surface area contributed by atoms with E-state index in [1.807, 2.05) is 25.1 Å². The average molecular weight is 413 g/mol. The Morgan fingerprint density at radius 1 is 1.38 bits per heavy atom. The topological polar surface area (TPSA) is 94.0 Å². The highest BCUT2D eigenvalue weighted by Crippen LogP contribution is 2.16. The van der Waals surface area contributed by atoms with Crippen LogP contribution in [0.25, 0.3) is 5.82 Å². The average Bonchev–Trinajstić information content (AvgIpc) is 3.40. The number of aryl methyl sites for hydroxylation is 1. The molecule has 0 bridgehead atoms. The minimum Gasteiger partial charge on any atom is -0.379 e. The van der Waals surface area contributed by atoms with Crippen LogP contribution in [0.3, 0.4) is 0 Å².